The quantitative estimate of drug-likeness (QED) is 0.280. The van der Waals surface area contributed by atoms with Crippen molar-refractivity contribution in [1.29, 1.82) is 5.26 Å². The van der Waals surface area contributed by atoms with Crippen LogP contribution in [0.15, 0.2) is 59.1 Å². The van der Waals surface area contributed by atoms with Crippen molar-refractivity contribution < 1.29 is 13.9 Å². The fourth-order valence-electron chi connectivity index (χ4n) is 3.34. The van der Waals surface area contributed by atoms with E-state index in [1.54, 1.807) is 12.1 Å². The zero-order valence-corrected chi connectivity index (χ0v) is 19.7. The molecule has 0 bridgehead atoms. The molecular formula is C26H21BrFN3O2. The molecule has 166 valence electrons. The van der Waals surface area contributed by atoms with Crippen LogP contribution in [0.25, 0.3) is 22.7 Å². The summed E-state index contributed by atoms with van der Waals surface area (Å²) in [5.74, 6) is 1.15. The zero-order chi connectivity index (χ0) is 23.4. The van der Waals surface area contributed by atoms with Crippen LogP contribution in [0.1, 0.15) is 29.4 Å². The number of fused-ring (bicyclic) bond motifs is 1. The number of rotatable bonds is 7. The van der Waals surface area contributed by atoms with Gasteiger partial charge in [-0.3, -0.25) is 0 Å². The number of imidazole rings is 1. The summed E-state index contributed by atoms with van der Waals surface area (Å²) in [6, 6.07) is 18.2. The number of halogens is 2. The van der Waals surface area contributed by atoms with Gasteiger partial charge in [-0.2, -0.15) is 5.26 Å². The number of ether oxygens (including phenoxy) is 2. The molecule has 4 rings (SSSR count). The summed E-state index contributed by atoms with van der Waals surface area (Å²) in [7, 11) is 0. The highest BCUT2D eigenvalue weighted by Crippen LogP contribution is 2.38. The van der Waals surface area contributed by atoms with E-state index in [9.17, 15) is 9.65 Å². The molecule has 0 amide bonds. The number of hydrogen-bond acceptors (Lipinski definition) is 4. The largest absolute Gasteiger partial charge is 0.490 e. The molecular weight excluding hydrogens is 485 g/mol. The van der Waals surface area contributed by atoms with E-state index in [4.69, 9.17) is 9.47 Å². The highest BCUT2D eigenvalue weighted by Gasteiger charge is 2.14. The minimum atomic E-state index is -0.369. The molecule has 7 heteroatoms. The average Bonchev–Trinajstić information content (AvgIpc) is 3.21. The predicted octanol–water partition coefficient (Wildman–Crippen LogP) is 6.81. The lowest BCUT2D eigenvalue weighted by atomic mass is 10.1. The van der Waals surface area contributed by atoms with Crippen LogP contribution in [-0.2, 0) is 6.61 Å². The number of nitrogens with one attached hydrogen (secondary N) is 1. The molecule has 0 spiro atoms. The highest BCUT2D eigenvalue weighted by atomic mass is 79.9. The van der Waals surface area contributed by atoms with E-state index in [2.05, 4.69) is 32.0 Å². The average molecular weight is 506 g/mol. The van der Waals surface area contributed by atoms with Crippen molar-refractivity contribution in [3.05, 3.63) is 87.4 Å². The molecule has 1 heterocycles. The fraction of sp³-hybridized carbons (Fsp3) is 0.154. The summed E-state index contributed by atoms with van der Waals surface area (Å²) in [5.41, 5.74) is 4.40. The summed E-state index contributed by atoms with van der Waals surface area (Å²) in [4.78, 5) is 7.41. The summed E-state index contributed by atoms with van der Waals surface area (Å²) >= 11 is 3.58. The molecule has 0 aliphatic heterocycles. The van der Waals surface area contributed by atoms with Crippen LogP contribution in [0.5, 0.6) is 11.5 Å². The molecule has 4 aromatic rings. The van der Waals surface area contributed by atoms with Gasteiger partial charge in [0.1, 0.15) is 24.3 Å². The van der Waals surface area contributed by atoms with E-state index < -0.39 is 0 Å². The number of aromatic amines is 1. The van der Waals surface area contributed by atoms with Crippen molar-refractivity contribution in [2.45, 2.75) is 20.5 Å². The first kappa shape index (κ1) is 22.6. The summed E-state index contributed by atoms with van der Waals surface area (Å²) in [6.07, 6.45) is 1.70. The Balaban J connectivity index is 1.65. The molecule has 33 heavy (non-hydrogen) atoms. The van der Waals surface area contributed by atoms with Gasteiger partial charge in [-0.15, -0.1) is 0 Å². The first-order chi connectivity index (χ1) is 16.0. The van der Waals surface area contributed by atoms with Gasteiger partial charge in [0.25, 0.3) is 0 Å². The molecule has 0 aliphatic rings. The van der Waals surface area contributed by atoms with Crippen molar-refractivity contribution in [3.8, 4) is 17.6 Å². The Bertz CT molecular complexity index is 1370. The monoisotopic (exact) mass is 505 g/mol. The zero-order valence-electron chi connectivity index (χ0n) is 18.2. The first-order valence-electron chi connectivity index (χ1n) is 10.4. The molecule has 0 radical (unpaired) electrons. The van der Waals surface area contributed by atoms with Gasteiger partial charge in [0.2, 0.25) is 0 Å². The van der Waals surface area contributed by atoms with Crippen molar-refractivity contribution in [2.75, 3.05) is 6.61 Å². The number of benzene rings is 3. The van der Waals surface area contributed by atoms with Crippen LogP contribution in [-0.4, -0.2) is 16.6 Å². The molecule has 0 atom stereocenters. The van der Waals surface area contributed by atoms with Crippen LogP contribution in [0, 0.1) is 24.1 Å². The number of nitrogens with zero attached hydrogens (tertiary/aromatic N) is 2. The Hall–Kier alpha value is -3.63. The fourth-order valence-corrected chi connectivity index (χ4v) is 3.92. The highest BCUT2D eigenvalue weighted by molar-refractivity contribution is 9.10. The van der Waals surface area contributed by atoms with E-state index in [1.807, 2.05) is 50.2 Å². The standard InChI is InChI=1S/C26H21BrFN3O2/c1-3-32-24-12-18(11-21(27)25(24)33-15-17-6-4-16(2)5-7-17)10-19(14-29)26-30-22-9-8-20(28)13-23(22)31-26/h4-13H,3,15H2,1-2H3,(H,30,31)/b19-10-. The Kier molecular flexibility index (Phi) is 6.76. The lowest BCUT2D eigenvalue weighted by Gasteiger charge is -2.15. The topological polar surface area (TPSA) is 70.9 Å². The van der Waals surface area contributed by atoms with Gasteiger partial charge in [0.05, 0.1) is 27.7 Å². The number of aryl methyl sites for hydroxylation is 1. The third kappa shape index (κ3) is 5.24. The van der Waals surface area contributed by atoms with Gasteiger partial charge in [-0.1, -0.05) is 29.8 Å². The predicted molar refractivity (Wildman–Crippen MR) is 130 cm³/mol. The second-order valence-electron chi connectivity index (χ2n) is 7.45. The van der Waals surface area contributed by atoms with Crippen molar-refractivity contribution in [3.63, 3.8) is 0 Å². The maximum Gasteiger partial charge on any atom is 0.175 e. The van der Waals surface area contributed by atoms with E-state index in [0.717, 1.165) is 11.1 Å². The van der Waals surface area contributed by atoms with Gasteiger partial charge < -0.3 is 14.5 Å². The van der Waals surface area contributed by atoms with Gasteiger partial charge in [0.15, 0.2) is 11.5 Å². The molecule has 5 nitrogen and oxygen atoms in total. The van der Waals surface area contributed by atoms with Crippen molar-refractivity contribution in [1.82, 2.24) is 9.97 Å². The van der Waals surface area contributed by atoms with Gasteiger partial charge >= 0.3 is 0 Å². The summed E-state index contributed by atoms with van der Waals surface area (Å²) in [6.45, 7) is 4.79. The smallest absolute Gasteiger partial charge is 0.175 e. The minimum absolute atomic E-state index is 0.314. The van der Waals surface area contributed by atoms with Crippen LogP contribution in [0.4, 0.5) is 4.39 Å². The Labute approximate surface area is 199 Å². The van der Waals surface area contributed by atoms with E-state index in [0.29, 0.717) is 51.6 Å². The third-order valence-corrected chi connectivity index (χ3v) is 5.56. The Morgan fingerprint density at radius 1 is 1.15 bits per heavy atom. The Morgan fingerprint density at radius 3 is 2.67 bits per heavy atom. The SMILES string of the molecule is CCOc1cc(/C=C(/C#N)c2nc3ccc(F)cc3[nH]2)cc(Br)c1OCc1ccc(C)cc1. The lowest BCUT2D eigenvalue weighted by Crippen LogP contribution is -2.01. The molecule has 3 aromatic carbocycles. The lowest BCUT2D eigenvalue weighted by molar-refractivity contribution is 0.267. The van der Waals surface area contributed by atoms with Crippen LogP contribution in [0.3, 0.4) is 0 Å². The van der Waals surface area contributed by atoms with Gasteiger partial charge in [0, 0.05) is 0 Å². The third-order valence-electron chi connectivity index (χ3n) is 4.97. The molecule has 0 fully saturated rings. The Morgan fingerprint density at radius 2 is 1.94 bits per heavy atom. The molecule has 0 aliphatic carbocycles. The normalized spacial score (nSPS) is 11.4. The van der Waals surface area contributed by atoms with E-state index in [-0.39, 0.29) is 5.82 Å². The minimum Gasteiger partial charge on any atom is -0.490 e. The van der Waals surface area contributed by atoms with Gasteiger partial charge in [-0.25, -0.2) is 9.37 Å². The molecule has 1 N–H and O–H groups in total. The van der Waals surface area contributed by atoms with Crippen LogP contribution in [0.2, 0.25) is 0 Å². The first-order valence-corrected chi connectivity index (χ1v) is 11.2. The number of hydrogen-bond donors (Lipinski definition) is 1. The summed E-state index contributed by atoms with van der Waals surface area (Å²) in [5, 5.41) is 9.73. The van der Waals surface area contributed by atoms with Crippen LogP contribution >= 0.6 is 15.9 Å². The molecule has 1 aromatic heterocycles. The number of H-pyrrole nitrogens is 1. The maximum absolute atomic E-state index is 13.5. The second kappa shape index (κ2) is 9.88. The number of aromatic nitrogens is 2. The van der Waals surface area contributed by atoms with Gasteiger partial charge in [-0.05, 0) is 77.3 Å². The molecule has 0 saturated heterocycles. The number of nitriles is 1. The van der Waals surface area contributed by atoms with Crippen molar-refractivity contribution in [2.24, 2.45) is 0 Å². The second-order valence-corrected chi connectivity index (χ2v) is 8.31. The van der Waals surface area contributed by atoms with E-state index >= 15 is 0 Å². The maximum atomic E-state index is 13.5. The van der Waals surface area contributed by atoms with E-state index in [1.165, 1.54) is 17.7 Å². The van der Waals surface area contributed by atoms with Crippen molar-refractivity contribution >= 4 is 38.6 Å². The molecule has 0 saturated carbocycles. The summed E-state index contributed by atoms with van der Waals surface area (Å²) < 4.78 is 26.1. The molecule has 0 unspecified atom stereocenters. The van der Waals surface area contributed by atoms with Crippen LogP contribution < -0.4 is 9.47 Å². The number of allylic oxidation sites excluding steroid dienone is 1.